The lowest BCUT2D eigenvalue weighted by molar-refractivity contribution is -0.126. The van der Waals surface area contributed by atoms with Crippen LogP contribution < -0.4 is 10.1 Å². The second-order valence-electron chi connectivity index (χ2n) is 7.43. The minimum Gasteiger partial charge on any atom is -0.467 e. The fourth-order valence-electron chi connectivity index (χ4n) is 3.64. The number of ether oxygens (including phenoxy) is 2. The fourth-order valence-corrected chi connectivity index (χ4v) is 3.90. The second kappa shape index (κ2) is 7.72. The molecule has 142 valence electrons. The third-order valence-corrected chi connectivity index (χ3v) is 5.62. The predicted octanol–water partition coefficient (Wildman–Crippen LogP) is 1.99. The van der Waals surface area contributed by atoms with Crippen molar-refractivity contribution in [2.45, 2.75) is 45.0 Å². The quantitative estimate of drug-likeness (QED) is 0.848. The second-order valence-corrected chi connectivity index (χ2v) is 7.87. The zero-order valence-corrected chi connectivity index (χ0v) is 15.9. The van der Waals surface area contributed by atoms with E-state index in [9.17, 15) is 4.79 Å². The van der Waals surface area contributed by atoms with Gasteiger partial charge in [-0.2, -0.15) is 0 Å². The molecule has 1 N–H and O–H groups in total. The van der Waals surface area contributed by atoms with Crippen molar-refractivity contribution in [2.75, 3.05) is 33.0 Å². The molecule has 1 aromatic carbocycles. The average molecular weight is 380 g/mol. The summed E-state index contributed by atoms with van der Waals surface area (Å²) in [7, 11) is 0. The normalized spacial score (nSPS) is 22.4. The molecule has 1 aliphatic carbocycles. The lowest BCUT2D eigenvalue weighted by Crippen LogP contribution is -2.53. The van der Waals surface area contributed by atoms with Crippen molar-refractivity contribution in [3.8, 4) is 5.75 Å². The summed E-state index contributed by atoms with van der Waals surface area (Å²) in [6.07, 6.45) is 2.26. The van der Waals surface area contributed by atoms with Crippen molar-refractivity contribution >= 4 is 17.5 Å². The molecule has 1 aromatic rings. The molecule has 0 spiro atoms. The van der Waals surface area contributed by atoms with E-state index in [1.165, 1.54) is 0 Å². The average Bonchev–Trinajstić information content (AvgIpc) is 3.45. The van der Waals surface area contributed by atoms with Gasteiger partial charge in [-0.05, 0) is 31.9 Å². The number of halogens is 1. The van der Waals surface area contributed by atoms with E-state index in [1.54, 1.807) is 0 Å². The van der Waals surface area contributed by atoms with Gasteiger partial charge in [0.1, 0.15) is 5.75 Å². The first kappa shape index (κ1) is 18.0. The first-order valence-electron chi connectivity index (χ1n) is 9.39. The molecule has 0 radical (unpaired) electrons. The van der Waals surface area contributed by atoms with Crippen molar-refractivity contribution < 1.29 is 14.3 Å². The largest absolute Gasteiger partial charge is 0.467 e. The Labute approximate surface area is 159 Å². The van der Waals surface area contributed by atoms with Gasteiger partial charge in [0.15, 0.2) is 6.79 Å². The van der Waals surface area contributed by atoms with Crippen LogP contribution in [-0.2, 0) is 22.7 Å². The number of hydrogen-bond donors (Lipinski definition) is 1. The number of piperazine rings is 1. The summed E-state index contributed by atoms with van der Waals surface area (Å²) in [5, 5.41) is 3.82. The van der Waals surface area contributed by atoms with Crippen LogP contribution in [0.25, 0.3) is 0 Å². The lowest BCUT2D eigenvalue weighted by Gasteiger charge is -2.37. The van der Waals surface area contributed by atoms with Gasteiger partial charge in [0.25, 0.3) is 0 Å². The predicted molar refractivity (Wildman–Crippen MR) is 99.2 cm³/mol. The Bertz CT molecular complexity index is 672. The maximum atomic E-state index is 12.3. The summed E-state index contributed by atoms with van der Waals surface area (Å²) < 4.78 is 11.1. The molecule has 1 atom stereocenters. The van der Waals surface area contributed by atoms with Crippen LogP contribution in [0.5, 0.6) is 5.75 Å². The Morgan fingerprint density at radius 3 is 2.81 bits per heavy atom. The van der Waals surface area contributed by atoms with E-state index in [-0.39, 0.29) is 11.9 Å². The van der Waals surface area contributed by atoms with Gasteiger partial charge >= 0.3 is 0 Å². The topological polar surface area (TPSA) is 54.0 Å². The molecule has 26 heavy (non-hydrogen) atoms. The summed E-state index contributed by atoms with van der Waals surface area (Å²) in [6.45, 7) is 7.30. The van der Waals surface area contributed by atoms with E-state index in [0.29, 0.717) is 19.4 Å². The van der Waals surface area contributed by atoms with E-state index in [2.05, 4.69) is 15.1 Å². The summed E-state index contributed by atoms with van der Waals surface area (Å²) in [6, 6.07) is 4.27. The van der Waals surface area contributed by atoms with Crippen LogP contribution in [0.15, 0.2) is 12.1 Å². The Hall–Kier alpha value is -1.34. The fraction of sp³-hybridized carbons (Fsp3) is 0.632. The molecule has 1 saturated heterocycles. The maximum Gasteiger partial charge on any atom is 0.237 e. The number of nitrogens with one attached hydrogen (secondary N) is 1. The van der Waals surface area contributed by atoms with Crippen molar-refractivity contribution in [3.05, 3.63) is 28.3 Å². The van der Waals surface area contributed by atoms with Gasteiger partial charge in [0.05, 0.1) is 12.6 Å². The summed E-state index contributed by atoms with van der Waals surface area (Å²) in [5.41, 5.74) is 2.13. The molecule has 0 aromatic heterocycles. The van der Waals surface area contributed by atoms with Crippen LogP contribution in [0.3, 0.4) is 0 Å². The van der Waals surface area contributed by atoms with Crippen LogP contribution in [-0.4, -0.2) is 60.8 Å². The zero-order valence-electron chi connectivity index (χ0n) is 15.2. The molecule has 1 amide bonds. The Morgan fingerprint density at radius 1 is 1.31 bits per heavy atom. The molecular formula is C19H26ClN3O3. The van der Waals surface area contributed by atoms with Crippen molar-refractivity contribution in [3.63, 3.8) is 0 Å². The highest BCUT2D eigenvalue weighted by atomic mass is 35.5. The van der Waals surface area contributed by atoms with Gasteiger partial charge in [0.2, 0.25) is 5.91 Å². The van der Waals surface area contributed by atoms with Crippen molar-refractivity contribution in [2.24, 2.45) is 0 Å². The maximum absolute atomic E-state index is 12.3. The molecule has 4 rings (SSSR count). The Balaban J connectivity index is 1.34. The molecule has 0 unspecified atom stereocenters. The van der Waals surface area contributed by atoms with Gasteiger partial charge in [0, 0.05) is 54.9 Å². The number of carbonyl (C=O) groups is 1. The first-order chi connectivity index (χ1) is 12.6. The zero-order chi connectivity index (χ0) is 18.1. The molecular weight excluding hydrogens is 354 g/mol. The molecule has 6 nitrogen and oxygen atoms in total. The van der Waals surface area contributed by atoms with Crippen LogP contribution in [0.2, 0.25) is 5.02 Å². The monoisotopic (exact) mass is 379 g/mol. The van der Waals surface area contributed by atoms with E-state index in [4.69, 9.17) is 21.1 Å². The number of fused-ring (bicyclic) bond motifs is 1. The smallest absolute Gasteiger partial charge is 0.237 e. The number of nitrogens with zero attached hydrogens (tertiary/aromatic N) is 2. The highest BCUT2D eigenvalue weighted by Crippen LogP contribution is 2.32. The van der Waals surface area contributed by atoms with Gasteiger partial charge in [-0.1, -0.05) is 11.6 Å². The molecule has 2 aliphatic heterocycles. The van der Waals surface area contributed by atoms with Crippen LogP contribution in [0.1, 0.15) is 30.9 Å². The van der Waals surface area contributed by atoms with E-state index in [0.717, 1.165) is 67.5 Å². The number of hydrogen-bond acceptors (Lipinski definition) is 5. The molecule has 2 heterocycles. The SMILES string of the molecule is C[C@H](C(=O)NC1CC1)N1CCN(Cc2cc(Cl)cc3c2OCOC3)CC1. The highest BCUT2D eigenvalue weighted by Gasteiger charge is 2.30. The number of benzene rings is 1. The van der Waals surface area contributed by atoms with E-state index >= 15 is 0 Å². The summed E-state index contributed by atoms with van der Waals surface area (Å²) >= 11 is 6.26. The van der Waals surface area contributed by atoms with E-state index in [1.807, 2.05) is 19.1 Å². The number of carbonyl (C=O) groups excluding carboxylic acids is 1. The Kier molecular flexibility index (Phi) is 5.36. The molecule has 0 bridgehead atoms. The molecule has 1 saturated carbocycles. The van der Waals surface area contributed by atoms with Crippen molar-refractivity contribution in [1.82, 2.24) is 15.1 Å². The lowest BCUT2D eigenvalue weighted by atomic mass is 10.1. The highest BCUT2D eigenvalue weighted by molar-refractivity contribution is 6.30. The number of rotatable bonds is 5. The van der Waals surface area contributed by atoms with Crippen LogP contribution >= 0.6 is 11.6 Å². The van der Waals surface area contributed by atoms with Gasteiger partial charge in [-0.15, -0.1) is 0 Å². The van der Waals surface area contributed by atoms with Gasteiger partial charge in [-0.3, -0.25) is 14.6 Å². The molecule has 3 aliphatic rings. The van der Waals surface area contributed by atoms with E-state index < -0.39 is 0 Å². The minimum atomic E-state index is -0.0582. The third kappa shape index (κ3) is 4.14. The van der Waals surface area contributed by atoms with Crippen LogP contribution in [0.4, 0.5) is 0 Å². The molecule has 2 fully saturated rings. The molecule has 7 heteroatoms. The minimum absolute atomic E-state index is 0.0582. The Morgan fingerprint density at radius 2 is 2.08 bits per heavy atom. The third-order valence-electron chi connectivity index (χ3n) is 5.40. The standard InChI is InChI=1S/C19H26ClN3O3/c1-13(19(24)21-17-2-3-17)23-6-4-22(5-7-23)10-14-8-16(20)9-15-11-25-12-26-18(14)15/h8-9,13,17H,2-7,10-12H2,1H3,(H,21,24)/t13-/m1/s1. The van der Waals surface area contributed by atoms with Gasteiger partial charge < -0.3 is 14.8 Å². The summed E-state index contributed by atoms with van der Waals surface area (Å²) in [5.74, 6) is 1.08. The number of amides is 1. The van der Waals surface area contributed by atoms with Crippen LogP contribution in [0, 0.1) is 0 Å². The first-order valence-corrected chi connectivity index (χ1v) is 9.76. The van der Waals surface area contributed by atoms with Crippen molar-refractivity contribution in [1.29, 1.82) is 0 Å². The summed E-state index contributed by atoms with van der Waals surface area (Å²) in [4.78, 5) is 16.9. The van der Waals surface area contributed by atoms with Gasteiger partial charge in [-0.25, -0.2) is 0 Å².